The minimum absolute atomic E-state index is 0. The molecule has 1 fully saturated rings. The summed E-state index contributed by atoms with van der Waals surface area (Å²) < 4.78 is 0. The molecule has 0 bridgehead atoms. The van der Waals surface area contributed by atoms with Gasteiger partial charge in [-0.25, -0.2) is 0 Å². The molecule has 1 aromatic rings. The number of rotatable bonds is 7. The quantitative estimate of drug-likeness (QED) is 0.293. The van der Waals surface area contributed by atoms with Gasteiger partial charge in [-0.15, -0.1) is 24.0 Å². The van der Waals surface area contributed by atoms with Crippen LogP contribution in [-0.4, -0.2) is 50.6 Å². The normalized spacial score (nSPS) is 16.5. The van der Waals surface area contributed by atoms with Crippen molar-refractivity contribution < 1.29 is 0 Å². The van der Waals surface area contributed by atoms with Crippen LogP contribution in [0.5, 0.6) is 0 Å². The van der Waals surface area contributed by atoms with Gasteiger partial charge in [0.25, 0.3) is 0 Å². The maximum atomic E-state index is 4.32. The van der Waals surface area contributed by atoms with Crippen LogP contribution in [0, 0.1) is 6.92 Å². The zero-order valence-electron chi connectivity index (χ0n) is 15.3. The number of aliphatic imine (C=N–C) groups is 1. The first-order chi connectivity index (χ1) is 11.2. The van der Waals surface area contributed by atoms with Crippen LogP contribution in [0.15, 0.2) is 29.3 Å². The van der Waals surface area contributed by atoms with Crippen molar-refractivity contribution in [3.63, 3.8) is 0 Å². The number of halogens is 1. The van der Waals surface area contributed by atoms with E-state index < -0.39 is 0 Å². The van der Waals surface area contributed by atoms with Crippen LogP contribution in [0.2, 0.25) is 0 Å². The van der Waals surface area contributed by atoms with Crippen molar-refractivity contribution in [3.05, 3.63) is 35.4 Å². The highest BCUT2D eigenvalue weighted by atomic mass is 127. The van der Waals surface area contributed by atoms with Crippen molar-refractivity contribution in [1.29, 1.82) is 0 Å². The standard InChI is InChI=1S/C19H32N4.HI/c1-16-8-6-9-18(14-16)17(2)15-22-19(20-3)21-10-7-13-23-11-4-5-12-23;/h6,8-9,14,17H,4-5,7,10-13,15H2,1-3H3,(H2,20,21,22);1H. The van der Waals surface area contributed by atoms with Crippen LogP contribution in [-0.2, 0) is 0 Å². The summed E-state index contributed by atoms with van der Waals surface area (Å²) in [6.45, 7) is 10.0. The van der Waals surface area contributed by atoms with Gasteiger partial charge < -0.3 is 15.5 Å². The molecule has 136 valence electrons. The first-order valence-corrected chi connectivity index (χ1v) is 8.92. The summed E-state index contributed by atoms with van der Waals surface area (Å²) in [5.41, 5.74) is 2.70. The Bertz CT molecular complexity index is 498. The lowest BCUT2D eigenvalue weighted by atomic mass is 9.99. The lowest BCUT2D eigenvalue weighted by Crippen LogP contribution is -2.40. The largest absolute Gasteiger partial charge is 0.356 e. The Morgan fingerprint density at radius 3 is 2.67 bits per heavy atom. The lowest BCUT2D eigenvalue weighted by molar-refractivity contribution is 0.334. The van der Waals surface area contributed by atoms with E-state index in [-0.39, 0.29) is 24.0 Å². The van der Waals surface area contributed by atoms with Gasteiger partial charge in [-0.3, -0.25) is 4.99 Å². The Morgan fingerprint density at radius 2 is 2.00 bits per heavy atom. The van der Waals surface area contributed by atoms with E-state index in [0.29, 0.717) is 5.92 Å². The summed E-state index contributed by atoms with van der Waals surface area (Å²) in [5.74, 6) is 1.38. The molecule has 4 nitrogen and oxygen atoms in total. The van der Waals surface area contributed by atoms with E-state index in [1.165, 1.54) is 50.0 Å². The zero-order chi connectivity index (χ0) is 16.5. The number of nitrogens with one attached hydrogen (secondary N) is 2. The van der Waals surface area contributed by atoms with Crippen molar-refractivity contribution in [2.24, 2.45) is 4.99 Å². The Labute approximate surface area is 164 Å². The molecule has 1 aliphatic rings. The Morgan fingerprint density at radius 1 is 1.25 bits per heavy atom. The highest BCUT2D eigenvalue weighted by Crippen LogP contribution is 2.15. The van der Waals surface area contributed by atoms with Gasteiger partial charge in [0.2, 0.25) is 0 Å². The van der Waals surface area contributed by atoms with E-state index in [9.17, 15) is 0 Å². The molecule has 1 heterocycles. The molecule has 1 saturated heterocycles. The molecule has 0 amide bonds. The third-order valence-electron chi connectivity index (χ3n) is 4.55. The lowest BCUT2D eigenvalue weighted by Gasteiger charge is -2.18. The van der Waals surface area contributed by atoms with Crippen molar-refractivity contribution >= 4 is 29.9 Å². The molecule has 0 spiro atoms. The molecule has 1 aliphatic heterocycles. The fourth-order valence-corrected chi connectivity index (χ4v) is 3.08. The minimum Gasteiger partial charge on any atom is -0.356 e. The molecule has 1 unspecified atom stereocenters. The molecule has 24 heavy (non-hydrogen) atoms. The van der Waals surface area contributed by atoms with Crippen LogP contribution < -0.4 is 10.6 Å². The molecule has 1 atom stereocenters. The zero-order valence-corrected chi connectivity index (χ0v) is 17.7. The number of hydrogen-bond acceptors (Lipinski definition) is 2. The van der Waals surface area contributed by atoms with Crippen LogP contribution >= 0.6 is 24.0 Å². The van der Waals surface area contributed by atoms with Gasteiger partial charge in [0.1, 0.15) is 0 Å². The average molecular weight is 444 g/mol. The van der Waals surface area contributed by atoms with E-state index in [0.717, 1.165) is 19.0 Å². The van der Waals surface area contributed by atoms with Crippen molar-refractivity contribution in [1.82, 2.24) is 15.5 Å². The first-order valence-electron chi connectivity index (χ1n) is 8.92. The first kappa shape index (κ1) is 21.2. The third-order valence-corrected chi connectivity index (χ3v) is 4.55. The van der Waals surface area contributed by atoms with Crippen molar-refractivity contribution in [2.75, 3.05) is 39.8 Å². The van der Waals surface area contributed by atoms with Crippen LogP contribution in [0.1, 0.15) is 43.2 Å². The van der Waals surface area contributed by atoms with Gasteiger partial charge in [0.15, 0.2) is 5.96 Å². The second-order valence-corrected chi connectivity index (χ2v) is 6.60. The van der Waals surface area contributed by atoms with E-state index in [2.05, 4.69) is 58.6 Å². The molecule has 1 aromatic carbocycles. The number of hydrogen-bond donors (Lipinski definition) is 2. The second-order valence-electron chi connectivity index (χ2n) is 6.60. The Kier molecular flexibility index (Phi) is 10.3. The highest BCUT2D eigenvalue weighted by Gasteiger charge is 2.10. The minimum atomic E-state index is 0. The smallest absolute Gasteiger partial charge is 0.190 e. The Hall–Kier alpha value is -0.820. The Balaban J connectivity index is 0.00000288. The van der Waals surface area contributed by atoms with Crippen molar-refractivity contribution in [2.45, 2.75) is 39.0 Å². The molecular formula is C19H33IN4. The maximum Gasteiger partial charge on any atom is 0.190 e. The van der Waals surface area contributed by atoms with Crippen LogP contribution in [0.3, 0.4) is 0 Å². The molecule has 0 saturated carbocycles. The van der Waals surface area contributed by atoms with Gasteiger partial charge in [0, 0.05) is 20.1 Å². The summed E-state index contributed by atoms with van der Waals surface area (Å²) >= 11 is 0. The van der Waals surface area contributed by atoms with Crippen molar-refractivity contribution in [3.8, 4) is 0 Å². The fourth-order valence-electron chi connectivity index (χ4n) is 3.08. The maximum absolute atomic E-state index is 4.32. The fraction of sp³-hybridized carbons (Fsp3) is 0.632. The van der Waals surface area contributed by atoms with Gasteiger partial charge in [-0.05, 0) is 57.3 Å². The second kappa shape index (κ2) is 11.7. The summed E-state index contributed by atoms with van der Waals surface area (Å²) in [7, 11) is 1.84. The van der Waals surface area contributed by atoms with E-state index in [1.54, 1.807) is 0 Å². The topological polar surface area (TPSA) is 39.7 Å². The molecule has 2 rings (SSSR count). The summed E-state index contributed by atoms with van der Waals surface area (Å²) in [6, 6.07) is 8.74. The SMILES string of the molecule is CN=C(NCCCN1CCCC1)NCC(C)c1cccc(C)c1.I. The monoisotopic (exact) mass is 444 g/mol. The summed E-state index contributed by atoms with van der Waals surface area (Å²) in [6.07, 6.45) is 3.91. The van der Waals surface area contributed by atoms with E-state index in [1.807, 2.05) is 7.05 Å². The average Bonchev–Trinajstić information content (AvgIpc) is 3.07. The molecule has 2 N–H and O–H groups in total. The number of benzene rings is 1. The number of guanidine groups is 1. The van der Waals surface area contributed by atoms with Gasteiger partial charge >= 0.3 is 0 Å². The predicted molar refractivity (Wildman–Crippen MR) is 115 cm³/mol. The highest BCUT2D eigenvalue weighted by molar-refractivity contribution is 14.0. The van der Waals surface area contributed by atoms with Gasteiger partial charge in [0.05, 0.1) is 0 Å². The molecule has 5 heteroatoms. The predicted octanol–water partition coefficient (Wildman–Crippen LogP) is 3.37. The summed E-state index contributed by atoms with van der Waals surface area (Å²) in [4.78, 5) is 6.87. The van der Waals surface area contributed by atoms with E-state index >= 15 is 0 Å². The summed E-state index contributed by atoms with van der Waals surface area (Å²) in [5, 5.41) is 6.86. The number of aryl methyl sites for hydroxylation is 1. The number of nitrogens with zero attached hydrogens (tertiary/aromatic N) is 2. The van der Waals surface area contributed by atoms with E-state index in [4.69, 9.17) is 0 Å². The van der Waals surface area contributed by atoms with Crippen LogP contribution in [0.25, 0.3) is 0 Å². The molecule has 0 radical (unpaired) electrons. The van der Waals surface area contributed by atoms with Gasteiger partial charge in [-0.1, -0.05) is 36.8 Å². The molecular weight excluding hydrogens is 411 g/mol. The van der Waals surface area contributed by atoms with Gasteiger partial charge in [-0.2, -0.15) is 0 Å². The number of likely N-dealkylation sites (tertiary alicyclic amines) is 1. The van der Waals surface area contributed by atoms with Crippen LogP contribution in [0.4, 0.5) is 0 Å². The third kappa shape index (κ3) is 7.38. The molecule has 0 aromatic heterocycles. The molecule has 0 aliphatic carbocycles.